The van der Waals surface area contributed by atoms with Gasteiger partial charge in [-0.3, -0.25) is 0 Å². The second-order valence-electron chi connectivity index (χ2n) is 4.28. The summed E-state index contributed by atoms with van der Waals surface area (Å²) in [7, 11) is 0. The molecule has 0 saturated heterocycles. The van der Waals surface area contributed by atoms with E-state index in [0.29, 0.717) is 28.0 Å². The van der Waals surface area contributed by atoms with E-state index in [1.165, 1.54) is 6.33 Å². The summed E-state index contributed by atoms with van der Waals surface area (Å²) in [5.41, 5.74) is 1.40. The maximum atomic E-state index is 12.1. The highest BCUT2D eigenvalue weighted by Crippen LogP contribution is 2.23. The molecule has 3 heterocycles. The first kappa shape index (κ1) is 10.2. The van der Waals surface area contributed by atoms with Crippen molar-refractivity contribution < 1.29 is 4.42 Å². The smallest absolute Gasteiger partial charge is 0.347 e. The van der Waals surface area contributed by atoms with Crippen molar-refractivity contribution in [3.63, 3.8) is 0 Å². The molecular formula is C13H8N4O2. The van der Waals surface area contributed by atoms with Gasteiger partial charge in [-0.1, -0.05) is 12.1 Å². The van der Waals surface area contributed by atoms with E-state index in [2.05, 4.69) is 15.1 Å². The van der Waals surface area contributed by atoms with Gasteiger partial charge >= 0.3 is 5.63 Å². The molecule has 0 radical (unpaired) electrons. The van der Waals surface area contributed by atoms with Crippen LogP contribution in [-0.4, -0.2) is 19.6 Å². The largest absolute Gasteiger partial charge is 0.422 e. The summed E-state index contributed by atoms with van der Waals surface area (Å²) in [5, 5.41) is 5.40. The molecule has 0 aliphatic heterocycles. The van der Waals surface area contributed by atoms with Crippen molar-refractivity contribution in [3.8, 4) is 0 Å². The van der Waals surface area contributed by atoms with Crippen molar-refractivity contribution in [2.45, 2.75) is 6.92 Å². The fourth-order valence-electron chi connectivity index (χ4n) is 2.35. The van der Waals surface area contributed by atoms with Gasteiger partial charge in [0.25, 0.3) is 5.78 Å². The van der Waals surface area contributed by atoms with E-state index in [1.807, 2.05) is 18.2 Å². The molecule has 4 aromatic rings. The quantitative estimate of drug-likeness (QED) is 0.351. The molecular weight excluding hydrogens is 244 g/mol. The molecule has 0 atom stereocenters. The van der Waals surface area contributed by atoms with E-state index >= 15 is 0 Å². The molecule has 92 valence electrons. The Morgan fingerprint density at radius 3 is 3.00 bits per heavy atom. The summed E-state index contributed by atoms with van der Waals surface area (Å²) in [6, 6.07) is 7.36. The van der Waals surface area contributed by atoms with Gasteiger partial charge in [0.1, 0.15) is 17.3 Å². The van der Waals surface area contributed by atoms with E-state index in [-0.39, 0.29) is 0 Å². The van der Waals surface area contributed by atoms with E-state index in [4.69, 9.17) is 4.42 Å². The van der Waals surface area contributed by atoms with Crippen molar-refractivity contribution in [2.75, 3.05) is 0 Å². The highest BCUT2D eigenvalue weighted by Gasteiger charge is 2.15. The summed E-state index contributed by atoms with van der Waals surface area (Å²) in [6.07, 6.45) is 1.42. The van der Waals surface area contributed by atoms with Crippen molar-refractivity contribution >= 4 is 27.6 Å². The first-order chi connectivity index (χ1) is 9.25. The molecule has 0 aliphatic carbocycles. The van der Waals surface area contributed by atoms with Crippen LogP contribution >= 0.6 is 0 Å². The number of nitrogens with zero attached hydrogens (tertiary/aromatic N) is 4. The maximum Gasteiger partial charge on any atom is 0.347 e. The Balaban J connectivity index is 2.49. The SMILES string of the molecule is Cc1nc2ncnn2c2c1c(=O)oc1ccccc12. The van der Waals surface area contributed by atoms with Crippen LogP contribution in [0.4, 0.5) is 0 Å². The van der Waals surface area contributed by atoms with Crippen LogP contribution < -0.4 is 5.63 Å². The zero-order valence-corrected chi connectivity index (χ0v) is 9.99. The van der Waals surface area contributed by atoms with Crippen LogP contribution in [0, 0.1) is 6.92 Å². The first-order valence-electron chi connectivity index (χ1n) is 5.77. The molecule has 3 aromatic heterocycles. The molecule has 1 aromatic carbocycles. The minimum atomic E-state index is -0.406. The molecule has 0 N–H and O–H groups in total. The minimum absolute atomic E-state index is 0.406. The van der Waals surface area contributed by atoms with Gasteiger partial charge in [0.15, 0.2) is 0 Å². The number of para-hydroxylation sites is 1. The van der Waals surface area contributed by atoms with Gasteiger partial charge in [-0.15, -0.1) is 0 Å². The molecule has 0 unspecified atom stereocenters. The predicted octanol–water partition coefficient (Wildman–Crippen LogP) is 1.69. The number of hydrogen-bond donors (Lipinski definition) is 0. The Labute approximate surface area is 106 Å². The molecule has 0 aliphatic rings. The summed E-state index contributed by atoms with van der Waals surface area (Å²) in [6.45, 7) is 1.77. The third kappa shape index (κ3) is 1.25. The number of hydrogen-bond acceptors (Lipinski definition) is 5. The average molecular weight is 252 g/mol. The Morgan fingerprint density at radius 1 is 1.26 bits per heavy atom. The Morgan fingerprint density at radius 2 is 2.11 bits per heavy atom. The minimum Gasteiger partial charge on any atom is -0.422 e. The van der Waals surface area contributed by atoms with Crippen molar-refractivity contribution in [2.24, 2.45) is 0 Å². The molecule has 0 bridgehead atoms. The molecule has 0 fully saturated rings. The molecule has 0 spiro atoms. The normalized spacial score (nSPS) is 11.6. The van der Waals surface area contributed by atoms with Crippen molar-refractivity contribution in [1.82, 2.24) is 19.6 Å². The van der Waals surface area contributed by atoms with Crippen LogP contribution in [-0.2, 0) is 0 Å². The lowest BCUT2D eigenvalue weighted by Gasteiger charge is -2.05. The number of fused-ring (bicyclic) bond motifs is 5. The standard InChI is InChI=1S/C13H8N4O2/c1-7-10-11(17-13(16-7)14-6-15-17)8-4-2-3-5-9(8)19-12(10)18/h2-6H,1H3. The third-order valence-corrected chi connectivity index (χ3v) is 3.16. The topological polar surface area (TPSA) is 73.3 Å². The third-order valence-electron chi connectivity index (χ3n) is 3.16. The summed E-state index contributed by atoms with van der Waals surface area (Å²) < 4.78 is 6.90. The van der Waals surface area contributed by atoms with Gasteiger partial charge in [0.2, 0.25) is 0 Å². The predicted molar refractivity (Wildman–Crippen MR) is 69.1 cm³/mol. The summed E-state index contributed by atoms with van der Waals surface area (Å²) >= 11 is 0. The lowest BCUT2D eigenvalue weighted by molar-refractivity contribution is 0.568. The van der Waals surface area contributed by atoms with Crippen LogP contribution in [0.2, 0.25) is 0 Å². The second-order valence-corrected chi connectivity index (χ2v) is 4.28. The van der Waals surface area contributed by atoms with Gasteiger partial charge in [0.05, 0.1) is 11.2 Å². The molecule has 19 heavy (non-hydrogen) atoms. The lowest BCUT2D eigenvalue weighted by Crippen LogP contribution is -2.07. The number of aryl methyl sites for hydroxylation is 1. The second kappa shape index (κ2) is 3.38. The fourth-order valence-corrected chi connectivity index (χ4v) is 2.35. The van der Waals surface area contributed by atoms with Crippen molar-refractivity contribution in [3.05, 3.63) is 46.7 Å². The zero-order valence-electron chi connectivity index (χ0n) is 9.99. The number of aromatic nitrogens is 4. The Kier molecular flexibility index (Phi) is 1.81. The molecule has 6 heteroatoms. The van der Waals surface area contributed by atoms with Gasteiger partial charge in [-0.05, 0) is 19.1 Å². The van der Waals surface area contributed by atoms with Crippen LogP contribution in [0.1, 0.15) is 5.69 Å². The van der Waals surface area contributed by atoms with E-state index in [9.17, 15) is 4.79 Å². The average Bonchev–Trinajstić information content (AvgIpc) is 2.86. The summed E-state index contributed by atoms with van der Waals surface area (Å²) in [5.74, 6) is 0.473. The van der Waals surface area contributed by atoms with E-state index in [0.717, 1.165) is 5.39 Å². The first-order valence-corrected chi connectivity index (χ1v) is 5.77. The Bertz CT molecular complexity index is 1000. The summed E-state index contributed by atoms with van der Waals surface area (Å²) in [4.78, 5) is 20.4. The van der Waals surface area contributed by atoms with Gasteiger partial charge < -0.3 is 4.42 Å². The highest BCUT2D eigenvalue weighted by molar-refractivity contribution is 6.03. The molecule has 6 nitrogen and oxygen atoms in total. The number of rotatable bonds is 0. The van der Waals surface area contributed by atoms with Crippen LogP contribution in [0.3, 0.4) is 0 Å². The van der Waals surface area contributed by atoms with E-state index in [1.54, 1.807) is 17.5 Å². The number of benzene rings is 1. The molecule has 0 amide bonds. The lowest BCUT2D eigenvalue weighted by atomic mass is 10.1. The molecule has 4 rings (SSSR count). The van der Waals surface area contributed by atoms with Gasteiger partial charge in [-0.2, -0.15) is 14.6 Å². The van der Waals surface area contributed by atoms with Gasteiger partial charge in [0, 0.05) is 5.39 Å². The fraction of sp³-hybridized carbons (Fsp3) is 0.0769. The van der Waals surface area contributed by atoms with Crippen molar-refractivity contribution in [1.29, 1.82) is 0 Å². The van der Waals surface area contributed by atoms with Gasteiger partial charge in [-0.25, -0.2) is 9.78 Å². The van der Waals surface area contributed by atoms with E-state index < -0.39 is 5.63 Å². The zero-order chi connectivity index (χ0) is 13.0. The maximum absolute atomic E-state index is 12.1. The molecule has 0 saturated carbocycles. The van der Waals surface area contributed by atoms with Crippen LogP contribution in [0.25, 0.3) is 27.6 Å². The monoisotopic (exact) mass is 252 g/mol. The highest BCUT2D eigenvalue weighted by atomic mass is 16.4. The Hall–Kier alpha value is -2.76. The van der Waals surface area contributed by atoms with Crippen LogP contribution in [0.5, 0.6) is 0 Å². The van der Waals surface area contributed by atoms with Crippen LogP contribution in [0.15, 0.2) is 39.8 Å².